The van der Waals surface area contributed by atoms with Crippen molar-refractivity contribution in [2.45, 2.75) is 31.6 Å². The minimum atomic E-state index is 0.00761. The van der Waals surface area contributed by atoms with Gasteiger partial charge in [0, 0.05) is 50.4 Å². The van der Waals surface area contributed by atoms with Gasteiger partial charge in [-0.05, 0) is 35.7 Å². The van der Waals surface area contributed by atoms with Crippen molar-refractivity contribution in [3.05, 3.63) is 161 Å². The first kappa shape index (κ1) is 26.8. The smallest absolute Gasteiger partial charge is 0.164 e. The second-order valence-electron chi connectivity index (χ2n) is 12.9. The minimum Gasteiger partial charge on any atom is -0.313 e. The second kappa shape index (κ2) is 10.2. The topological polar surface area (TPSA) is 43.6 Å². The highest BCUT2D eigenvalue weighted by molar-refractivity contribution is 5.95. The molecule has 2 aliphatic carbocycles. The molecule has 0 fully saturated rings. The molecule has 0 saturated carbocycles. The second-order valence-corrected chi connectivity index (χ2v) is 12.9. The van der Waals surface area contributed by atoms with E-state index >= 15 is 0 Å². The van der Waals surface area contributed by atoms with Crippen LogP contribution in [-0.4, -0.2) is 19.5 Å². The van der Waals surface area contributed by atoms with Crippen LogP contribution < -0.4 is 0 Å². The number of para-hydroxylation sites is 1. The van der Waals surface area contributed by atoms with Gasteiger partial charge in [-0.2, -0.15) is 0 Å². The molecule has 0 N–H and O–H groups in total. The summed E-state index contributed by atoms with van der Waals surface area (Å²) in [6.07, 6.45) is 3.46. The molecule has 0 bridgehead atoms. The molecule has 2 heterocycles. The lowest BCUT2D eigenvalue weighted by molar-refractivity contribution is 0.609. The van der Waals surface area contributed by atoms with Crippen LogP contribution in [0.3, 0.4) is 0 Å². The molecule has 0 spiro atoms. The zero-order chi connectivity index (χ0) is 30.8. The van der Waals surface area contributed by atoms with E-state index in [1.54, 1.807) is 0 Å². The van der Waals surface area contributed by atoms with Gasteiger partial charge >= 0.3 is 0 Å². The Kier molecular flexibility index (Phi) is 5.94. The van der Waals surface area contributed by atoms with Gasteiger partial charge in [0.2, 0.25) is 0 Å². The fourth-order valence-electron chi connectivity index (χ4n) is 7.68. The van der Waals surface area contributed by atoms with E-state index in [-0.39, 0.29) is 5.41 Å². The van der Waals surface area contributed by atoms with Crippen LogP contribution in [0.2, 0.25) is 0 Å². The number of rotatable bonds is 4. The summed E-state index contributed by atoms with van der Waals surface area (Å²) in [5.41, 5.74) is 12.3. The lowest BCUT2D eigenvalue weighted by Crippen LogP contribution is -2.20. The molecule has 5 aromatic carbocycles. The van der Waals surface area contributed by atoms with Gasteiger partial charge in [0.15, 0.2) is 17.5 Å². The monoisotopic (exact) mass is 592 g/mol. The zero-order valence-electron chi connectivity index (χ0n) is 25.9. The van der Waals surface area contributed by atoms with E-state index in [9.17, 15) is 0 Å². The largest absolute Gasteiger partial charge is 0.313 e. The van der Waals surface area contributed by atoms with Crippen LogP contribution >= 0.6 is 0 Å². The Morgan fingerprint density at radius 2 is 1.20 bits per heavy atom. The molecule has 2 aromatic heterocycles. The fraction of sp³-hybridized carbons (Fsp3) is 0.119. The maximum Gasteiger partial charge on any atom is 0.164 e. The molecule has 9 rings (SSSR count). The molecule has 1 unspecified atom stereocenters. The maximum absolute atomic E-state index is 5.02. The first-order chi connectivity index (χ1) is 22.6. The van der Waals surface area contributed by atoms with Gasteiger partial charge in [-0.25, -0.2) is 15.0 Å². The van der Waals surface area contributed by atoms with E-state index in [0.29, 0.717) is 23.4 Å². The van der Waals surface area contributed by atoms with Crippen LogP contribution in [0.4, 0.5) is 0 Å². The van der Waals surface area contributed by atoms with Gasteiger partial charge < -0.3 is 4.57 Å². The summed E-state index contributed by atoms with van der Waals surface area (Å²) in [5.74, 6) is 2.36. The Morgan fingerprint density at radius 3 is 1.91 bits per heavy atom. The zero-order valence-corrected chi connectivity index (χ0v) is 25.9. The van der Waals surface area contributed by atoms with Crippen LogP contribution in [0.15, 0.2) is 139 Å². The van der Waals surface area contributed by atoms with Crippen molar-refractivity contribution in [3.63, 3.8) is 0 Å². The average molecular weight is 593 g/mol. The number of allylic oxidation sites excluding steroid dienone is 1. The third kappa shape index (κ3) is 4.10. The van der Waals surface area contributed by atoms with Crippen LogP contribution in [0.5, 0.6) is 0 Å². The molecule has 4 nitrogen and oxygen atoms in total. The molecule has 0 saturated heterocycles. The Balaban J connectivity index is 1.22. The predicted octanol–water partition coefficient (Wildman–Crippen LogP) is 9.83. The van der Waals surface area contributed by atoms with Crippen molar-refractivity contribution in [2.24, 2.45) is 0 Å². The summed E-state index contributed by atoms with van der Waals surface area (Å²) >= 11 is 0. The summed E-state index contributed by atoms with van der Waals surface area (Å²) in [6, 6.07) is 46.8. The van der Waals surface area contributed by atoms with Crippen molar-refractivity contribution >= 4 is 17.0 Å². The molecule has 46 heavy (non-hydrogen) atoms. The van der Waals surface area contributed by atoms with Crippen molar-refractivity contribution in [1.29, 1.82) is 0 Å². The lowest BCUT2D eigenvalue weighted by atomic mass is 9.76. The van der Waals surface area contributed by atoms with Crippen molar-refractivity contribution in [3.8, 4) is 39.9 Å². The van der Waals surface area contributed by atoms with Gasteiger partial charge in [-0.15, -0.1) is 0 Å². The molecule has 0 aliphatic heterocycles. The maximum atomic E-state index is 5.02. The Labute approximate surface area is 268 Å². The minimum absolute atomic E-state index is 0.00761. The average Bonchev–Trinajstić information content (AvgIpc) is 3.56. The summed E-state index contributed by atoms with van der Waals surface area (Å²) in [5, 5.41) is 1.29. The number of hydrogen-bond acceptors (Lipinski definition) is 3. The van der Waals surface area contributed by atoms with Crippen molar-refractivity contribution < 1.29 is 0 Å². The van der Waals surface area contributed by atoms with E-state index in [1.165, 1.54) is 38.9 Å². The molecule has 0 amide bonds. The third-order valence-electron chi connectivity index (χ3n) is 9.88. The Bertz CT molecular complexity index is 2250. The fourth-order valence-corrected chi connectivity index (χ4v) is 7.68. The summed E-state index contributed by atoms with van der Waals surface area (Å²) in [6.45, 7) is 4.76. The first-order valence-corrected chi connectivity index (χ1v) is 16.0. The highest BCUT2D eigenvalue weighted by Crippen LogP contribution is 2.55. The first-order valence-electron chi connectivity index (χ1n) is 16.0. The van der Waals surface area contributed by atoms with Crippen LogP contribution in [0, 0.1) is 0 Å². The molecule has 1 atom stereocenters. The summed E-state index contributed by atoms with van der Waals surface area (Å²) in [4.78, 5) is 14.9. The molecular formula is C42H32N4. The van der Waals surface area contributed by atoms with E-state index < -0.39 is 0 Å². The van der Waals surface area contributed by atoms with Gasteiger partial charge in [-0.1, -0.05) is 141 Å². The van der Waals surface area contributed by atoms with Crippen molar-refractivity contribution in [2.75, 3.05) is 0 Å². The third-order valence-corrected chi connectivity index (χ3v) is 9.88. The Hall–Kier alpha value is -5.61. The Morgan fingerprint density at radius 1 is 0.609 bits per heavy atom. The quantitative estimate of drug-likeness (QED) is 0.204. The van der Waals surface area contributed by atoms with E-state index in [0.717, 1.165) is 28.8 Å². The molecule has 4 heteroatoms. The van der Waals surface area contributed by atoms with E-state index in [1.807, 2.05) is 60.7 Å². The molecule has 220 valence electrons. The standard InChI is InChI=1S/C42H32N4/c1-42(2)35-22-11-9-20-31(35)33-26-38-34(25-36(33)42)32-21-10-12-23-37(32)46(38)30-19-13-18-29(24-30)41-44-39(27-14-5-3-6-15-27)43-40(45-41)28-16-7-4-8-17-28/h3-25,33H,26H2,1-2H3. The van der Waals surface area contributed by atoms with E-state index in [2.05, 4.69) is 97.3 Å². The SMILES string of the molecule is CC1(C)C2=Cc3c(n(-c4cccc(-c5nc(-c6ccccc6)nc(-c6ccccc6)n5)c4)c4ccccc34)CC2c2ccccc21. The number of aromatic nitrogens is 4. The highest BCUT2D eigenvalue weighted by atomic mass is 15.0. The lowest BCUT2D eigenvalue weighted by Gasteiger charge is -2.28. The molecular weight excluding hydrogens is 560 g/mol. The van der Waals surface area contributed by atoms with Crippen molar-refractivity contribution in [1.82, 2.24) is 19.5 Å². The number of fused-ring (bicyclic) bond motifs is 6. The van der Waals surface area contributed by atoms with Crippen LogP contribution in [0.1, 0.15) is 42.1 Å². The van der Waals surface area contributed by atoms with Gasteiger partial charge in [0.25, 0.3) is 0 Å². The van der Waals surface area contributed by atoms with E-state index in [4.69, 9.17) is 15.0 Å². The number of hydrogen-bond donors (Lipinski definition) is 0. The predicted molar refractivity (Wildman–Crippen MR) is 187 cm³/mol. The van der Waals surface area contributed by atoms with Gasteiger partial charge in [0.1, 0.15) is 0 Å². The normalized spacial score (nSPS) is 16.0. The van der Waals surface area contributed by atoms with Gasteiger partial charge in [-0.3, -0.25) is 0 Å². The highest BCUT2D eigenvalue weighted by Gasteiger charge is 2.44. The summed E-state index contributed by atoms with van der Waals surface area (Å²) < 4.78 is 2.47. The van der Waals surface area contributed by atoms with Crippen LogP contribution in [-0.2, 0) is 11.8 Å². The van der Waals surface area contributed by atoms with Crippen LogP contribution in [0.25, 0.3) is 56.8 Å². The number of benzene rings is 5. The number of nitrogens with zero attached hydrogens (tertiary/aromatic N) is 4. The summed E-state index contributed by atoms with van der Waals surface area (Å²) in [7, 11) is 0. The van der Waals surface area contributed by atoms with Gasteiger partial charge in [0.05, 0.1) is 5.52 Å². The molecule has 7 aromatic rings. The molecule has 0 radical (unpaired) electrons. The molecule has 2 aliphatic rings.